The molecule has 4 heteroatoms. The van der Waals surface area contributed by atoms with Crippen LogP contribution in [0.5, 0.6) is 0 Å². The van der Waals surface area contributed by atoms with Crippen LogP contribution in [0.3, 0.4) is 0 Å². The van der Waals surface area contributed by atoms with Gasteiger partial charge in [-0.05, 0) is 31.4 Å². The molecule has 0 aliphatic rings. The standard InChI is InChI=1S/C14H23N3O/c1-4-14(5-2,10-15)13(18)17-11(3)12-7-6-8-16-9-12/h6-9,11H,4-5,10,15H2,1-3H3,(H,17,18)/t11-/m0/s1. The maximum atomic E-state index is 12.3. The summed E-state index contributed by atoms with van der Waals surface area (Å²) in [7, 11) is 0. The van der Waals surface area contributed by atoms with Crippen molar-refractivity contribution < 1.29 is 4.79 Å². The Labute approximate surface area is 109 Å². The van der Waals surface area contributed by atoms with Crippen LogP contribution in [-0.2, 0) is 4.79 Å². The summed E-state index contributed by atoms with van der Waals surface area (Å²) in [5, 5.41) is 3.03. The summed E-state index contributed by atoms with van der Waals surface area (Å²) >= 11 is 0. The van der Waals surface area contributed by atoms with Crippen molar-refractivity contribution in [2.75, 3.05) is 6.54 Å². The molecule has 1 aromatic heterocycles. The molecule has 3 N–H and O–H groups in total. The molecule has 0 fully saturated rings. The third-order valence-corrected chi connectivity index (χ3v) is 3.76. The van der Waals surface area contributed by atoms with E-state index in [1.54, 1.807) is 12.4 Å². The highest BCUT2D eigenvalue weighted by atomic mass is 16.2. The van der Waals surface area contributed by atoms with Gasteiger partial charge >= 0.3 is 0 Å². The quantitative estimate of drug-likeness (QED) is 0.810. The first-order chi connectivity index (χ1) is 8.59. The first kappa shape index (κ1) is 14.6. The van der Waals surface area contributed by atoms with Crippen molar-refractivity contribution in [2.24, 2.45) is 11.1 Å². The smallest absolute Gasteiger partial charge is 0.227 e. The maximum absolute atomic E-state index is 12.3. The molecule has 0 radical (unpaired) electrons. The fourth-order valence-electron chi connectivity index (χ4n) is 2.02. The van der Waals surface area contributed by atoms with Crippen LogP contribution >= 0.6 is 0 Å². The topological polar surface area (TPSA) is 68.0 Å². The molecule has 0 aromatic carbocycles. The van der Waals surface area contributed by atoms with E-state index in [0.717, 1.165) is 18.4 Å². The molecule has 1 atom stereocenters. The number of carbonyl (C=O) groups is 1. The summed E-state index contributed by atoms with van der Waals surface area (Å²) in [5.41, 5.74) is 6.33. The second-order valence-corrected chi connectivity index (χ2v) is 4.67. The predicted molar refractivity (Wildman–Crippen MR) is 72.9 cm³/mol. The molecular weight excluding hydrogens is 226 g/mol. The van der Waals surface area contributed by atoms with Crippen molar-refractivity contribution in [1.82, 2.24) is 10.3 Å². The van der Waals surface area contributed by atoms with Crippen molar-refractivity contribution in [3.05, 3.63) is 30.1 Å². The first-order valence-electron chi connectivity index (χ1n) is 6.50. The van der Waals surface area contributed by atoms with Crippen LogP contribution in [0.25, 0.3) is 0 Å². The first-order valence-corrected chi connectivity index (χ1v) is 6.50. The van der Waals surface area contributed by atoms with Gasteiger partial charge in [-0.3, -0.25) is 9.78 Å². The van der Waals surface area contributed by atoms with Gasteiger partial charge in [0.25, 0.3) is 0 Å². The Morgan fingerprint density at radius 2 is 2.17 bits per heavy atom. The Hall–Kier alpha value is -1.42. The Morgan fingerprint density at radius 3 is 2.61 bits per heavy atom. The van der Waals surface area contributed by atoms with Gasteiger partial charge in [0.2, 0.25) is 5.91 Å². The summed E-state index contributed by atoms with van der Waals surface area (Å²) in [6.45, 7) is 6.35. The summed E-state index contributed by atoms with van der Waals surface area (Å²) in [6.07, 6.45) is 5.00. The van der Waals surface area contributed by atoms with Gasteiger partial charge in [-0.1, -0.05) is 19.9 Å². The zero-order chi connectivity index (χ0) is 13.6. The minimum absolute atomic E-state index is 0.0337. The van der Waals surface area contributed by atoms with E-state index in [1.165, 1.54) is 0 Å². The van der Waals surface area contributed by atoms with Gasteiger partial charge in [0.15, 0.2) is 0 Å². The SMILES string of the molecule is CCC(CC)(CN)C(=O)N[C@@H](C)c1cccnc1. The Morgan fingerprint density at radius 1 is 1.50 bits per heavy atom. The Bertz CT molecular complexity index is 366. The maximum Gasteiger partial charge on any atom is 0.227 e. The molecule has 1 aromatic rings. The lowest BCUT2D eigenvalue weighted by molar-refractivity contribution is -0.131. The highest BCUT2D eigenvalue weighted by molar-refractivity contribution is 5.83. The molecule has 1 rings (SSSR count). The highest BCUT2D eigenvalue weighted by Gasteiger charge is 2.33. The van der Waals surface area contributed by atoms with Gasteiger partial charge in [-0.15, -0.1) is 0 Å². The van der Waals surface area contributed by atoms with Crippen molar-refractivity contribution >= 4 is 5.91 Å². The van der Waals surface area contributed by atoms with Crippen LogP contribution in [0.4, 0.5) is 0 Å². The van der Waals surface area contributed by atoms with Gasteiger partial charge in [0.05, 0.1) is 11.5 Å². The average Bonchev–Trinajstić information content (AvgIpc) is 2.42. The highest BCUT2D eigenvalue weighted by Crippen LogP contribution is 2.26. The average molecular weight is 249 g/mol. The van der Waals surface area contributed by atoms with Crippen LogP contribution in [0, 0.1) is 5.41 Å². The van der Waals surface area contributed by atoms with Crippen LogP contribution in [-0.4, -0.2) is 17.4 Å². The molecule has 0 saturated carbocycles. The van der Waals surface area contributed by atoms with Crippen LogP contribution < -0.4 is 11.1 Å². The lowest BCUT2D eigenvalue weighted by atomic mass is 9.81. The molecule has 0 saturated heterocycles. The number of nitrogens with two attached hydrogens (primary N) is 1. The number of rotatable bonds is 6. The lowest BCUT2D eigenvalue weighted by Crippen LogP contribution is -2.46. The molecular formula is C14H23N3O. The molecule has 18 heavy (non-hydrogen) atoms. The number of nitrogens with zero attached hydrogens (tertiary/aromatic N) is 1. The summed E-state index contributed by atoms with van der Waals surface area (Å²) < 4.78 is 0. The van der Waals surface area contributed by atoms with Crippen molar-refractivity contribution in [1.29, 1.82) is 0 Å². The van der Waals surface area contributed by atoms with E-state index in [1.807, 2.05) is 32.9 Å². The number of pyridine rings is 1. The largest absolute Gasteiger partial charge is 0.349 e. The predicted octanol–water partition coefficient (Wildman–Crippen LogP) is 2.02. The fourth-order valence-corrected chi connectivity index (χ4v) is 2.02. The van der Waals surface area contributed by atoms with E-state index >= 15 is 0 Å². The number of hydrogen-bond donors (Lipinski definition) is 2. The molecule has 1 heterocycles. The molecule has 0 aliphatic carbocycles. The van der Waals surface area contributed by atoms with E-state index in [2.05, 4.69) is 10.3 Å². The fraction of sp³-hybridized carbons (Fsp3) is 0.571. The van der Waals surface area contributed by atoms with E-state index in [-0.39, 0.29) is 11.9 Å². The van der Waals surface area contributed by atoms with Gasteiger partial charge < -0.3 is 11.1 Å². The molecule has 100 valence electrons. The summed E-state index contributed by atoms with van der Waals surface area (Å²) in [4.78, 5) is 16.4. The third-order valence-electron chi connectivity index (χ3n) is 3.76. The van der Waals surface area contributed by atoms with Crippen molar-refractivity contribution in [2.45, 2.75) is 39.7 Å². The third kappa shape index (κ3) is 3.07. The Kier molecular flexibility index (Phi) is 5.28. The number of aromatic nitrogens is 1. The van der Waals surface area contributed by atoms with Crippen LogP contribution in [0.2, 0.25) is 0 Å². The van der Waals surface area contributed by atoms with Gasteiger partial charge in [-0.2, -0.15) is 0 Å². The van der Waals surface area contributed by atoms with E-state index in [0.29, 0.717) is 6.54 Å². The second kappa shape index (κ2) is 6.50. The number of hydrogen-bond acceptors (Lipinski definition) is 3. The van der Waals surface area contributed by atoms with E-state index in [9.17, 15) is 4.79 Å². The zero-order valence-electron chi connectivity index (χ0n) is 11.4. The van der Waals surface area contributed by atoms with Gasteiger partial charge in [-0.25, -0.2) is 0 Å². The summed E-state index contributed by atoms with van der Waals surface area (Å²) in [5.74, 6) is 0.0337. The molecule has 0 spiro atoms. The van der Waals surface area contributed by atoms with Gasteiger partial charge in [0.1, 0.15) is 0 Å². The number of carbonyl (C=O) groups excluding carboxylic acids is 1. The van der Waals surface area contributed by atoms with E-state index < -0.39 is 5.41 Å². The number of amides is 1. The van der Waals surface area contributed by atoms with Crippen LogP contribution in [0.15, 0.2) is 24.5 Å². The molecule has 4 nitrogen and oxygen atoms in total. The van der Waals surface area contributed by atoms with Crippen LogP contribution in [0.1, 0.15) is 45.2 Å². The molecule has 1 amide bonds. The Balaban J connectivity index is 2.75. The molecule has 0 unspecified atom stereocenters. The second-order valence-electron chi connectivity index (χ2n) is 4.67. The van der Waals surface area contributed by atoms with Crippen molar-refractivity contribution in [3.8, 4) is 0 Å². The normalized spacial score (nSPS) is 13.1. The minimum atomic E-state index is -0.448. The lowest BCUT2D eigenvalue weighted by Gasteiger charge is -2.30. The number of nitrogens with one attached hydrogen (secondary N) is 1. The molecule has 0 bridgehead atoms. The van der Waals surface area contributed by atoms with E-state index in [4.69, 9.17) is 5.73 Å². The van der Waals surface area contributed by atoms with Gasteiger partial charge in [0, 0.05) is 18.9 Å². The minimum Gasteiger partial charge on any atom is -0.349 e. The monoisotopic (exact) mass is 249 g/mol. The van der Waals surface area contributed by atoms with Crippen molar-refractivity contribution in [3.63, 3.8) is 0 Å². The molecule has 0 aliphatic heterocycles. The zero-order valence-corrected chi connectivity index (χ0v) is 11.4. The summed E-state index contributed by atoms with van der Waals surface area (Å²) in [6, 6.07) is 3.78.